The van der Waals surface area contributed by atoms with Crippen molar-refractivity contribution in [2.24, 2.45) is 21.1 Å². The van der Waals surface area contributed by atoms with Crippen LogP contribution in [0.3, 0.4) is 0 Å². The number of rotatable bonds is 13. The van der Waals surface area contributed by atoms with Crippen LogP contribution in [0.25, 0.3) is 0 Å². The van der Waals surface area contributed by atoms with Crippen LogP contribution in [-0.4, -0.2) is 70.7 Å². The van der Waals surface area contributed by atoms with E-state index in [1.807, 2.05) is 63.3 Å². The lowest BCUT2D eigenvalue weighted by molar-refractivity contribution is 0.0912. The van der Waals surface area contributed by atoms with Gasteiger partial charge in [0.25, 0.3) is 0 Å². The number of sulfonamides is 1. The molecule has 1 unspecified atom stereocenters. The Kier molecular flexibility index (Phi) is 9.69. The quantitative estimate of drug-likeness (QED) is 0.210. The summed E-state index contributed by atoms with van der Waals surface area (Å²) < 4.78 is 34.0. The molecule has 2 aromatic carbocycles. The molecule has 0 radical (unpaired) electrons. The van der Waals surface area contributed by atoms with Gasteiger partial charge in [0.1, 0.15) is 6.17 Å². The summed E-state index contributed by atoms with van der Waals surface area (Å²) in [6.07, 6.45) is 5.20. The number of hydrogen-bond donors (Lipinski definition) is 2. The zero-order valence-corrected chi connectivity index (χ0v) is 24.3. The topological polar surface area (TPSA) is 128 Å². The summed E-state index contributed by atoms with van der Waals surface area (Å²) in [5.74, 6) is 6.86. The molecule has 0 aliphatic carbocycles. The van der Waals surface area contributed by atoms with Gasteiger partial charge in [-0.15, -0.1) is 0 Å². The highest BCUT2D eigenvalue weighted by Gasteiger charge is 2.34. The van der Waals surface area contributed by atoms with Crippen molar-refractivity contribution in [3.63, 3.8) is 0 Å². The monoisotopic (exact) mass is 566 g/mol. The van der Waals surface area contributed by atoms with Gasteiger partial charge in [0.15, 0.2) is 5.84 Å². The normalized spacial score (nSPS) is 17.1. The Bertz CT molecular complexity index is 1380. The van der Waals surface area contributed by atoms with Crippen LogP contribution < -0.4 is 15.5 Å². The van der Waals surface area contributed by atoms with Gasteiger partial charge in [-0.05, 0) is 86.9 Å². The number of unbranched alkanes of at least 4 members (excludes halogenated alkanes) is 1. The second-order valence-electron chi connectivity index (χ2n) is 9.81. The predicted octanol–water partition coefficient (Wildman–Crippen LogP) is 4.28. The highest BCUT2D eigenvalue weighted by atomic mass is 32.2. The first-order valence-corrected chi connectivity index (χ1v) is 14.8. The fourth-order valence-electron chi connectivity index (χ4n) is 4.39. The molecule has 4 rings (SSSR count). The van der Waals surface area contributed by atoms with Gasteiger partial charge < -0.3 is 14.5 Å². The summed E-state index contributed by atoms with van der Waals surface area (Å²) in [5, 5.41) is 10.00. The number of hydrazine groups is 1. The average Bonchev–Trinajstić information content (AvgIpc) is 3.28. The van der Waals surface area contributed by atoms with Crippen LogP contribution in [0.5, 0.6) is 0 Å². The van der Waals surface area contributed by atoms with E-state index in [9.17, 15) is 8.42 Å². The Balaban J connectivity index is 1.27. The molecule has 3 N–H and O–H groups in total. The van der Waals surface area contributed by atoms with Gasteiger partial charge in [-0.1, -0.05) is 0 Å². The van der Waals surface area contributed by atoms with Crippen molar-refractivity contribution in [2.75, 3.05) is 45.3 Å². The van der Waals surface area contributed by atoms with Crippen molar-refractivity contribution in [1.29, 1.82) is 0 Å². The van der Waals surface area contributed by atoms with Gasteiger partial charge in [-0.25, -0.2) is 24.0 Å². The molecule has 2 heterocycles. The summed E-state index contributed by atoms with van der Waals surface area (Å²) in [6.45, 7) is 6.05. The van der Waals surface area contributed by atoms with Crippen LogP contribution in [0, 0.1) is 0 Å². The average molecular weight is 567 g/mol. The van der Waals surface area contributed by atoms with E-state index in [1.165, 1.54) is 12.1 Å². The van der Waals surface area contributed by atoms with Gasteiger partial charge in [-0.3, -0.25) is 5.01 Å². The van der Waals surface area contributed by atoms with Gasteiger partial charge in [0.2, 0.25) is 10.0 Å². The second-order valence-corrected chi connectivity index (χ2v) is 11.6. The molecule has 2 aliphatic heterocycles. The lowest BCUT2D eigenvalue weighted by atomic mass is 10.1. The molecule has 1 atom stereocenters. The zero-order chi connectivity index (χ0) is 28.7. The smallest absolute Gasteiger partial charge is 0.240 e. The number of aliphatic imine (C=N–C) groups is 1. The SMILES string of the molecule is CCOCC1N=C2C(=CC(C)=CN2N)N1CCCCNS(=O)(=O)c1ccc(N=Nc2ccc(N(C)C)cc2)cc1. The van der Waals surface area contributed by atoms with Crippen molar-refractivity contribution in [2.45, 2.75) is 37.8 Å². The third kappa shape index (κ3) is 7.33. The van der Waals surface area contributed by atoms with Crippen LogP contribution in [-0.2, 0) is 14.8 Å². The van der Waals surface area contributed by atoms with Crippen molar-refractivity contribution < 1.29 is 13.2 Å². The maximum absolute atomic E-state index is 12.8. The zero-order valence-electron chi connectivity index (χ0n) is 23.5. The van der Waals surface area contributed by atoms with Gasteiger partial charge in [0, 0.05) is 45.7 Å². The number of ether oxygens (including phenoxy) is 1. The molecule has 40 heavy (non-hydrogen) atoms. The van der Waals surface area contributed by atoms with Gasteiger partial charge >= 0.3 is 0 Å². The largest absolute Gasteiger partial charge is 0.378 e. The maximum Gasteiger partial charge on any atom is 0.240 e. The minimum absolute atomic E-state index is 0.156. The van der Waals surface area contributed by atoms with E-state index in [0.29, 0.717) is 38.4 Å². The fourth-order valence-corrected chi connectivity index (χ4v) is 5.46. The van der Waals surface area contributed by atoms with E-state index >= 15 is 0 Å². The van der Waals surface area contributed by atoms with E-state index < -0.39 is 10.0 Å². The van der Waals surface area contributed by atoms with E-state index in [2.05, 4.69) is 25.9 Å². The molecule has 214 valence electrons. The minimum Gasteiger partial charge on any atom is -0.378 e. The third-order valence-corrected chi connectivity index (χ3v) is 7.98. The first kappa shape index (κ1) is 29.4. The Labute approximate surface area is 236 Å². The second kappa shape index (κ2) is 13.2. The maximum atomic E-state index is 12.8. The van der Waals surface area contributed by atoms with Crippen molar-refractivity contribution >= 4 is 32.9 Å². The fraction of sp³-hybridized carbons (Fsp3) is 0.393. The number of allylic oxidation sites excluding steroid dienone is 2. The van der Waals surface area contributed by atoms with Crippen molar-refractivity contribution in [3.05, 3.63) is 72.1 Å². The van der Waals surface area contributed by atoms with Gasteiger partial charge in [-0.2, -0.15) is 10.2 Å². The molecule has 0 aromatic heterocycles. The Morgan fingerprint density at radius 3 is 2.33 bits per heavy atom. The molecule has 11 nitrogen and oxygen atoms in total. The highest BCUT2D eigenvalue weighted by Crippen LogP contribution is 2.28. The molecule has 0 amide bonds. The summed E-state index contributed by atoms with van der Waals surface area (Å²) in [4.78, 5) is 9.12. The summed E-state index contributed by atoms with van der Waals surface area (Å²) in [7, 11) is 0.310. The number of benzene rings is 2. The molecular formula is C28H38N8O3S. The molecule has 2 aliphatic rings. The number of fused-ring (bicyclic) bond motifs is 1. The highest BCUT2D eigenvalue weighted by molar-refractivity contribution is 7.89. The number of amidine groups is 1. The van der Waals surface area contributed by atoms with E-state index in [0.717, 1.165) is 34.9 Å². The number of nitrogens with one attached hydrogen (secondary N) is 1. The molecule has 0 fully saturated rings. The molecular weight excluding hydrogens is 528 g/mol. The summed E-state index contributed by atoms with van der Waals surface area (Å²) in [5.41, 5.74) is 4.37. The third-order valence-electron chi connectivity index (χ3n) is 6.50. The molecule has 0 saturated carbocycles. The predicted molar refractivity (Wildman–Crippen MR) is 158 cm³/mol. The number of azo groups is 1. The lowest BCUT2D eigenvalue weighted by Crippen LogP contribution is -2.39. The molecule has 0 bridgehead atoms. The molecule has 0 saturated heterocycles. The Morgan fingerprint density at radius 1 is 1.05 bits per heavy atom. The number of nitrogens with two attached hydrogens (primary N) is 1. The summed E-state index contributed by atoms with van der Waals surface area (Å²) in [6, 6.07) is 14.1. The molecule has 2 aromatic rings. The standard InChI is InChI=1S/C28H38N8O3S/c1-5-39-20-27-31-28-26(18-21(2)19-36(28)29)35(27)17-7-6-16-30-40(37,38)25-14-10-23(11-15-25)33-32-22-8-12-24(13-9-22)34(3)4/h8-15,18-19,27,30H,5-7,16-17,20,29H2,1-4H3. The van der Waals surface area contributed by atoms with Crippen LogP contribution in [0.15, 0.2) is 92.2 Å². The van der Waals surface area contributed by atoms with Crippen molar-refractivity contribution in [1.82, 2.24) is 14.6 Å². The van der Waals surface area contributed by atoms with Crippen LogP contribution in [0.4, 0.5) is 17.1 Å². The first-order valence-electron chi connectivity index (χ1n) is 13.3. The number of hydrogen-bond acceptors (Lipinski definition) is 10. The molecule has 12 heteroatoms. The Morgan fingerprint density at radius 2 is 1.70 bits per heavy atom. The number of anilines is 1. The lowest BCUT2D eigenvalue weighted by Gasteiger charge is -2.29. The number of nitrogens with zero attached hydrogens (tertiary/aromatic N) is 6. The van der Waals surface area contributed by atoms with Crippen LogP contribution in [0.2, 0.25) is 0 Å². The minimum atomic E-state index is -3.64. The van der Waals surface area contributed by atoms with Crippen LogP contribution >= 0.6 is 0 Å². The van der Waals surface area contributed by atoms with Gasteiger partial charge in [0.05, 0.1) is 28.6 Å². The molecule has 0 spiro atoms. The van der Waals surface area contributed by atoms with Crippen LogP contribution in [0.1, 0.15) is 26.7 Å². The van der Waals surface area contributed by atoms with E-state index in [-0.39, 0.29) is 11.1 Å². The van der Waals surface area contributed by atoms with Crippen molar-refractivity contribution in [3.8, 4) is 0 Å². The van der Waals surface area contributed by atoms with E-state index in [4.69, 9.17) is 15.6 Å². The van der Waals surface area contributed by atoms with E-state index in [1.54, 1.807) is 17.1 Å². The summed E-state index contributed by atoms with van der Waals surface area (Å²) >= 11 is 0. The first-order chi connectivity index (χ1) is 19.2. The Hall–Kier alpha value is -3.58.